The number of carbonyl (C=O) groups excluding carboxylic acids is 2. The maximum atomic E-state index is 13.1. The number of carbonyl (C=O) groups is 2. The van der Waals surface area contributed by atoms with Gasteiger partial charge in [-0.3, -0.25) is 9.59 Å². The minimum atomic E-state index is -0.118. The molecule has 0 spiro atoms. The molecular formula is C24H25ClN4O4. The highest BCUT2D eigenvalue weighted by molar-refractivity contribution is 6.30. The number of hydrogen-bond donors (Lipinski definition) is 1. The lowest BCUT2D eigenvalue weighted by Crippen LogP contribution is -2.39. The van der Waals surface area contributed by atoms with Gasteiger partial charge >= 0.3 is 0 Å². The highest BCUT2D eigenvalue weighted by Gasteiger charge is 2.30. The second kappa shape index (κ2) is 10.0. The normalized spacial score (nSPS) is 15.8. The summed E-state index contributed by atoms with van der Waals surface area (Å²) in [7, 11) is 1.52. The van der Waals surface area contributed by atoms with Gasteiger partial charge < -0.3 is 19.5 Å². The molecule has 8 nitrogen and oxygen atoms in total. The van der Waals surface area contributed by atoms with E-state index in [0.29, 0.717) is 53.2 Å². The lowest BCUT2D eigenvalue weighted by molar-refractivity contribution is -0.115. The van der Waals surface area contributed by atoms with Gasteiger partial charge in [-0.15, -0.1) is 0 Å². The minimum absolute atomic E-state index is 0.0646. The van der Waals surface area contributed by atoms with Crippen molar-refractivity contribution in [2.24, 2.45) is 0 Å². The molecule has 2 heterocycles. The van der Waals surface area contributed by atoms with Gasteiger partial charge in [-0.05, 0) is 43.2 Å². The van der Waals surface area contributed by atoms with E-state index < -0.39 is 0 Å². The van der Waals surface area contributed by atoms with Gasteiger partial charge in [-0.2, -0.15) is 4.98 Å². The molecule has 0 saturated carbocycles. The van der Waals surface area contributed by atoms with Crippen molar-refractivity contribution in [1.29, 1.82) is 0 Å². The number of piperidine rings is 1. The second-order valence-corrected chi connectivity index (χ2v) is 8.31. The Kier molecular flexibility index (Phi) is 6.93. The molecule has 1 N–H and O–H groups in total. The number of ether oxygens (including phenoxy) is 1. The molecule has 1 aliphatic heterocycles. The van der Waals surface area contributed by atoms with Gasteiger partial charge in [-0.25, -0.2) is 0 Å². The first-order valence-corrected chi connectivity index (χ1v) is 11.2. The average Bonchev–Trinajstić information content (AvgIpc) is 3.34. The lowest BCUT2D eigenvalue weighted by Gasteiger charge is -2.31. The fourth-order valence-electron chi connectivity index (χ4n) is 3.88. The molecule has 0 aliphatic carbocycles. The predicted molar refractivity (Wildman–Crippen MR) is 125 cm³/mol. The van der Waals surface area contributed by atoms with E-state index in [0.717, 1.165) is 18.4 Å². The Hall–Kier alpha value is -3.39. The summed E-state index contributed by atoms with van der Waals surface area (Å²) in [5.41, 5.74) is 1.89. The first kappa shape index (κ1) is 22.8. The van der Waals surface area contributed by atoms with E-state index in [9.17, 15) is 9.59 Å². The molecule has 33 heavy (non-hydrogen) atoms. The Labute approximate surface area is 196 Å². The zero-order chi connectivity index (χ0) is 23.4. The van der Waals surface area contributed by atoms with Crippen LogP contribution in [0.5, 0.6) is 5.75 Å². The van der Waals surface area contributed by atoms with Gasteiger partial charge in [0.25, 0.3) is 5.91 Å². The number of halogens is 1. The van der Waals surface area contributed by atoms with E-state index in [2.05, 4.69) is 15.5 Å². The van der Waals surface area contributed by atoms with Crippen LogP contribution in [0.25, 0.3) is 11.4 Å². The maximum Gasteiger partial charge on any atom is 0.257 e. The molecule has 1 fully saturated rings. The lowest BCUT2D eigenvalue weighted by atomic mass is 9.97. The third-order valence-electron chi connectivity index (χ3n) is 5.62. The SMILES string of the molecule is CCC(=O)Nc1cccc(-c2noc([C@H]3CCCN(C(=O)c4ccc(Cl)cc4OC)C3)n2)c1. The van der Waals surface area contributed by atoms with Crippen LogP contribution in [0.2, 0.25) is 5.02 Å². The minimum Gasteiger partial charge on any atom is -0.496 e. The van der Waals surface area contributed by atoms with Crippen molar-refractivity contribution in [3.63, 3.8) is 0 Å². The molecule has 1 saturated heterocycles. The van der Waals surface area contributed by atoms with E-state index in [4.69, 9.17) is 20.9 Å². The number of hydrogen-bond acceptors (Lipinski definition) is 6. The largest absolute Gasteiger partial charge is 0.496 e. The number of nitrogens with zero attached hydrogens (tertiary/aromatic N) is 3. The first-order chi connectivity index (χ1) is 16.0. The molecule has 4 rings (SSSR count). The molecule has 2 aromatic carbocycles. The van der Waals surface area contributed by atoms with Crippen molar-refractivity contribution in [3.05, 3.63) is 58.9 Å². The zero-order valence-corrected chi connectivity index (χ0v) is 19.3. The van der Waals surface area contributed by atoms with E-state index >= 15 is 0 Å². The topological polar surface area (TPSA) is 97.6 Å². The summed E-state index contributed by atoms with van der Waals surface area (Å²) >= 11 is 6.03. The molecule has 0 bridgehead atoms. The number of rotatable bonds is 6. The van der Waals surface area contributed by atoms with E-state index in [-0.39, 0.29) is 17.7 Å². The Balaban J connectivity index is 1.49. The van der Waals surface area contributed by atoms with Crippen LogP contribution in [0.15, 0.2) is 47.0 Å². The molecule has 1 atom stereocenters. The summed E-state index contributed by atoms with van der Waals surface area (Å²) in [5.74, 6) is 1.14. The third kappa shape index (κ3) is 5.17. The van der Waals surface area contributed by atoms with Crippen molar-refractivity contribution in [1.82, 2.24) is 15.0 Å². The Bertz CT molecular complexity index is 1160. The molecule has 1 aliphatic rings. The monoisotopic (exact) mass is 468 g/mol. The molecule has 172 valence electrons. The number of nitrogens with one attached hydrogen (secondary N) is 1. The summed E-state index contributed by atoms with van der Waals surface area (Å²) in [6, 6.07) is 12.3. The van der Waals surface area contributed by atoms with Crippen molar-refractivity contribution in [2.75, 3.05) is 25.5 Å². The van der Waals surface area contributed by atoms with Crippen LogP contribution in [0, 0.1) is 0 Å². The van der Waals surface area contributed by atoms with Crippen LogP contribution in [0.3, 0.4) is 0 Å². The van der Waals surface area contributed by atoms with E-state index in [1.54, 1.807) is 30.0 Å². The van der Waals surface area contributed by atoms with Crippen molar-refractivity contribution in [2.45, 2.75) is 32.1 Å². The van der Waals surface area contributed by atoms with Gasteiger partial charge in [-0.1, -0.05) is 35.8 Å². The fourth-order valence-corrected chi connectivity index (χ4v) is 4.04. The summed E-state index contributed by atoms with van der Waals surface area (Å²) in [6.07, 6.45) is 2.06. The van der Waals surface area contributed by atoms with Crippen LogP contribution in [0.1, 0.15) is 48.4 Å². The summed E-state index contributed by atoms with van der Waals surface area (Å²) in [4.78, 5) is 31.2. The van der Waals surface area contributed by atoms with Crippen molar-refractivity contribution >= 4 is 29.1 Å². The van der Waals surface area contributed by atoms with Gasteiger partial charge in [0.05, 0.1) is 18.6 Å². The molecule has 1 aromatic heterocycles. The van der Waals surface area contributed by atoms with Crippen LogP contribution in [0.4, 0.5) is 5.69 Å². The molecule has 0 radical (unpaired) electrons. The number of likely N-dealkylation sites (tertiary alicyclic amines) is 1. The maximum absolute atomic E-state index is 13.1. The van der Waals surface area contributed by atoms with Gasteiger partial charge in [0.2, 0.25) is 17.6 Å². The highest BCUT2D eigenvalue weighted by atomic mass is 35.5. The summed E-state index contributed by atoms with van der Waals surface area (Å²) < 4.78 is 10.9. The van der Waals surface area contributed by atoms with Gasteiger partial charge in [0.1, 0.15) is 5.75 Å². The fraction of sp³-hybridized carbons (Fsp3) is 0.333. The quantitative estimate of drug-likeness (QED) is 0.559. The third-order valence-corrected chi connectivity index (χ3v) is 5.85. The second-order valence-electron chi connectivity index (χ2n) is 7.87. The Morgan fingerprint density at radius 1 is 1.27 bits per heavy atom. The average molecular weight is 469 g/mol. The van der Waals surface area contributed by atoms with Crippen molar-refractivity contribution < 1.29 is 18.8 Å². The van der Waals surface area contributed by atoms with E-state index in [1.165, 1.54) is 7.11 Å². The number of amides is 2. The van der Waals surface area contributed by atoms with Crippen molar-refractivity contribution in [3.8, 4) is 17.1 Å². The Morgan fingerprint density at radius 2 is 2.12 bits per heavy atom. The highest BCUT2D eigenvalue weighted by Crippen LogP contribution is 2.31. The number of aromatic nitrogens is 2. The molecule has 9 heteroatoms. The predicted octanol–water partition coefficient (Wildman–Crippen LogP) is 4.77. The Morgan fingerprint density at radius 3 is 2.91 bits per heavy atom. The molecular weight excluding hydrogens is 444 g/mol. The standard InChI is InChI=1S/C24H25ClN4O4/c1-3-21(30)26-18-8-4-6-15(12-18)22-27-23(33-28-22)16-7-5-11-29(14-16)24(31)19-10-9-17(25)13-20(19)32-2/h4,6,8-10,12-13,16H,3,5,7,11,14H2,1-2H3,(H,26,30)/t16-/m0/s1. The van der Waals surface area contributed by atoms with Gasteiger partial charge in [0, 0.05) is 35.8 Å². The van der Waals surface area contributed by atoms with E-state index in [1.807, 2.05) is 24.3 Å². The van der Waals surface area contributed by atoms with Crippen LogP contribution in [-0.4, -0.2) is 47.1 Å². The molecule has 3 aromatic rings. The molecule has 0 unspecified atom stereocenters. The summed E-state index contributed by atoms with van der Waals surface area (Å²) in [6.45, 7) is 2.91. The number of anilines is 1. The number of benzene rings is 2. The zero-order valence-electron chi connectivity index (χ0n) is 18.5. The first-order valence-electron chi connectivity index (χ1n) is 10.8. The van der Waals surface area contributed by atoms with Crippen LogP contribution in [-0.2, 0) is 4.79 Å². The molecule has 2 amide bonds. The smallest absolute Gasteiger partial charge is 0.257 e. The van der Waals surface area contributed by atoms with Crippen LogP contribution >= 0.6 is 11.6 Å². The van der Waals surface area contributed by atoms with Gasteiger partial charge in [0.15, 0.2) is 0 Å². The summed E-state index contributed by atoms with van der Waals surface area (Å²) in [5, 5.41) is 7.47. The van der Waals surface area contributed by atoms with Crippen LogP contribution < -0.4 is 10.1 Å². The number of methoxy groups -OCH3 is 1.